The second-order valence-corrected chi connectivity index (χ2v) is 12.0. The fourth-order valence-electron chi connectivity index (χ4n) is 6.17. The number of fused-ring (bicyclic) bond motifs is 7. The fraction of sp³-hybridized carbons (Fsp3) is 0. The third kappa shape index (κ3) is 4.03. The Morgan fingerprint density at radius 3 is 1.77 bits per heavy atom. The van der Waals surface area contributed by atoms with Crippen LogP contribution in [0.15, 0.2) is 150 Å². The van der Waals surface area contributed by atoms with Gasteiger partial charge in [0.25, 0.3) is 0 Å². The van der Waals surface area contributed by atoms with Crippen LogP contribution in [0, 0.1) is 0 Å². The van der Waals surface area contributed by atoms with Gasteiger partial charge in [0, 0.05) is 53.2 Å². The van der Waals surface area contributed by atoms with Crippen LogP contribution in [-0.2, 0) is 0 Å². The van der Waals surface area contributed by atoms with Crippen molar-refractivity contribution in [2.75, 3.05) is 0 Å². The summed E-state index contributed by atoms with van der Waals surface area (Å²) >= 11 is 1.82. The van der Waals surface area contributed by atoms with E-state index in [2.05, 4.69) is 103 Å². The molecule has 0 saturated carbocycles. The molecule has 44 heavy (non-hydrogen) atoms. The van der Waals surface area contributed by atoms with E-state index in [0.29, 0.717) is 5.82 Å². The summed E-state index contributed by atoms with van der Waals surface area (Å²) in [6, 6.07) is 50.6. The minimum absolute atomic E-state index is 0.708. The summed E-state index contributed by atoms with van der Waals surface area (Å²) in [5, 5.41) is 4.69. The average Bonchev–Trinajstić information content (AvgIpc) is 3.67. The predicted octanol–water partition coefficient (Wildman–Crippen LogP) is 11.4. The first-order valence-electron chi connectivity index (χ1n) is 14.7. The molecule has 0 aliphatic carbocycles. The Morgan fingerprint density at radius 1 is 0.477 bits per heavy atom. The zero-order valence-electron chi connectivity index (χ0n) is 23.6. The molecule has 9 aromatic rings. The highest BCUT2D eigenvalue weighted by Crippen LogP contribution is 2.46. The van der Waals surface area contributed by atoms with E-state index in [-0.39, 0.29) is 0 Å². The highest BCUT2D eigenvalue weighted by molar-refractivity contribution is 7.26. The van der Waals surface area contributed by atoms with Crippen LogP contribution >= 0.6 is 11.3 Å². The number of nitrogens with zero attached hydrogens (tertiary/aromatic N) is 2. The summed E-state index contributed by atoms with van der Waals surface area (Å²) in [7, 11) is 0. The number of hydrogen-bond acceptors (Lipinski definition) is 4. The highest BCUT2D eigenvalue weighted by Gasteiger charge is 2.19. The van der Waals surface area contributed by atoms with E-state index < -0.39 is 0 Å². The number of benzene rings is 6. The summed E-state index contributed by atoms with van der Waals surface area (Å²) in [6.07, 6.45) is 0. The third-order valence-electron chi connectivity index (χ3n) is 8.31. The Morgan fingerprint density at radius 2 is 1.07 bits per heavy atom. The highest BCUT2D eigenvalue weighted by atomic mass is 32.1. The van der Waals surface area contributed by atoms with Gasteiger partial charge in [-0.15, -0.1) is 11.3 Å². The van der Waals surface area contributed by atoms with Crippen molar-refractivity contribution in [3.05, 3.63) is 146 Å². The van der Waals surface area contributed by atoms with E-state index in [9.17, 15) is 0 Å². The zero-order chi connectivity index (χ0) is 29.0. The third-order valence-corrected chi connectivity index (χ3v) is 9.51. The van der Waals surface area contributed by atoms with Crippen LogP contribution in [0.5, 0.6) is 0 Å². The molecule has 0 saturated heterocycles. The van der Waals surface area contributed by atoms with Crippen molar-refractivity contribution in [1.82, 2.24) is 9.97 Å². The van der Waals surface area contributed by atoms with Crippen molar-refractivity contribution >= 4 is 53.4 Å². The summed E-state index contributed by atoms with van der Waals surface area (Å²) in [5.41, 5.74) is 9.15. The molecule has 0 bridgehead atoms. The van der Waals surface area contributed by atoms with Crippen molar-refractivity contribution in [2.45, 2.75) is 0 Å². The van der Waals surface area contributed by atoms with Gasteiger partial charge < -0.3 is 4.42 Å². The lowest BCUT2D eigenvalue weighted by molar-refractivity contribution is 0.673. The Bertz CT molecular complexity index is 2420. The van der Waals surface area contributed by atoms with Gasteiger partial charge in [0.05, 0.1) is 11.4 Å². The van der Waals surface area contributed by atoms with Crippen LogP contribution in [0.25, 0.3) is 87.1 Å². The van der Waals surface area contributed by atoms with E-state index in [1.54, 1.807) is 0 Å². The van der Waals surface area contributed by atoms with Gasteiger partial charge in [0.1, 0.15) is 11.2 Å². The molecule has 0 spiro atoms. The molecule has 0 aliphatic heterocycles. The summed E-state index contributed by atoms with van der Waals surface area (Å²) in [6.45, 7) is 0. The van der Waals surface area contributed by atoms with Crippen molar-refractivity contribution in [3.8, 4) is 45.0 Å². The van der Waals surface area contributed by atoms with Gasteiger partial charge in [0.2, 0.25) is 0 Å². The minimum Gasteiger partial charge on any atom is -0.455 e. The summed E-state index contributed by atoms with van der Waals surface area (Å²) in [5.74, 6) is 0.708. The summed E-state index contributed by atoms with van der Waals surface area (Å²) in [4.78, 5) is 10.1. The average molecular weight is 581 g/mol. The maximum absolute atomic E-state index is 6.49. The molecular weight excluding hydrogens is 557 g/mol. The number of aromatic nitrogens is 2. The maximum Gasteiger partial charge on any atom is 0.160 e. The first-order chi connectivity index (χ1) is 21.8. The van der Waals surface area contributed by atoms with Crippen molar-refractivity contribution in [1.29, 1.82) is 0 Å². The molecule has 0 amide bonds. The largest absolute Gasteiger partial charge is 0.455 e. The molecule has 0 aliphatic rings. The minimum atomic E-state index is 0.708. The van der Waals surface area contributed by atoms with Crippen molar-refractivity contribution in [3.63, 3.8) is 0 Å². The van der Waals surface area contributed by atoms with Gasteiger partial charge in [-0.1, -0.05) is 121 Å². The van der Waals surface area contributed by atoms with Gasteiger partial charge in [-0.25, -0.2) is 9.97 Å². The lowest BCUT2D eigenvalue weighted by atomic mass is 9.98. The Hall–Kier alpha value is -5.58. The molecule has 0 fully saturated rings. The zero-order valence-corrected chi connectivity index (χ0v) is 24.4. The van der Waals surface area contributed by atoms with E-state index in [1.165, 1.54) is 25.7 Å². The Labute approximate surface area is 257 Å². The van der Waals surface area contributed by atoms with Gasteiger partial charge in [0.15, 0.2) is 5.82 Å². The second-order valence-electron chi connectivity index (χ2n) is 11.0. The number of para-hydroxylation sites is 1. The molecule has 3 heterocycles. The number of hydrogen-bond donors (Lipinski definition) is 0. The van der Waals surface area contributed by atoms with Gasteiger partial charge in [-0.3, -0.25) is 0 Å². The van der Waals surface area contributed by atoms with Crippen LogP contribution in [0.3, 0.4) is 0 Å². The van der Waals surface area contributed by atoms with E-state index in [0.717, 1.165) is 55.6 Å². The lowest BCUT2D eigenvalue weighted by Gasteiger charge is -2.10. The summed E-state index contributed by atoms with van der Waals surface area (Å²) < 4.78 is 8.98. The molecule has 9 rings (SSSR count). The maximum atomic E-state index is 6.49. The topological polar surface area (TPSA) is 38.9 Å². The number of rotatable bonds is 4. The van der Waals surface area contributed by atoms with E-state index in [1.807, 2.05) is 53.8 Å². The molecule has 0 N–H and O–H groups in total. The van der Waals surface area contributed by atoms with E-state index in [4.69, 9.17) is 14.4 Å². The molecule has 0 radical (unpaired) electrons. The van der Waals surface area contributed by atoms with Crippen LogP contribution in [-0.4, -0.2) is 9.97 Å². The Balaban J connectivity index is 1.22. The lowest BCUT2D eigenvalue weighted by Crippen LogP contribution is -1.95. The molecule has 4 heteroatoms. The van der Waals surface area contributed by atoms with Gasteiger partial charge in [-0.2, -0.15) is 0 Å². The van der Waals surface area contributed by atoms with Gasteiger partial charge >= 0.3 is 0 Å². The normalized spacial score (nSPS) is 11.6. The Kier molecular flexibility index (Phi) is 5.68. The van der Waals surface area contributed by atoms with Crippen LogP contribution in [0.2, 0.25) is 0 Å². The van der Waals surface area contributed by atoms with Crippen LogP contribution < -0.4 is 0 Å². The standard InChI is InChI=1S/C40H24N2OS/c1-3-11-26(12-4-1)33-24-34(27-13-5-2-6-14-27)42-40(41-33)28-21-19-25(20-22-28)31-23-32-29-15-7-9-17-35(29)43-38(32)37-30-16-8-10-18-36(30)44-39(31)37/h1-24H. The molecule has 3 nitrogen and oxygen atoms in total. The molecular formula is C40H24N2OS. The number of thiophene rings is 1. The van der Waals surface area contributed by atoms with Crippen LogP contribution in [0.1, 0.15) is 0 Å². The number of furan rings is 1. The van der Waals surface area contributed by atoms with Gasteiger partial charge in [-0.05, 0) is 29.8 Å². The van der Waals surface area contributed by atoms with Crippen LogP contribution in [0.4, 0.5) is 0 Å². The quantitative estimate of drug-likeness (QED) is 0.208. The second kappa shape index (κ2) is 10.0. The molecule has 0 unspecified atom stereocenters. The van der Waals surface area contributed by atoms with Crippen molar-refractivity contribution < 1.29 is 4.42 Å². The van der Waals surface area contributed by atoms with E-state index >= 15 is 0 Å². The predicted molar refractivity (Wildman–Crippen MR) is 184 cm³/mol. The monoisotopic (exact) mass is 580 g/mol. The molecule has 3 aromatic heterocycles. The first kappa shape index (κ1) is 25.0. The SMILES string of the molecule is c1ccc(-c2cc(-c3ccccc3)nc(-c3ccc(-c4cc5c6ccccc6oc5c5c4sc4ccccc45)cc3)n2)cc1. The van der Waals surface area contributed by atoms with Crippen molar-refractivity contribution in [2.24, 2.45) is 0 Å². The molecule has 6 aromatic carbocycles. The first-order valence-corrected chi connectivity index (χ1v) is 15.5. The fourth-order valence-corrected chi connectivity index (χ4v) is 7.41. The molecule has 206 valence electrons. The molecule has 0 atom stereocenters. The smallest absolute Gasteiger partial charge is 0.160 e.